The number of carbonyl (C=O) groups excluding carboxylic acids is 1. The van der Waals surface area contributed by atoms with Gasteiger partial charge in [0.05, 0.1) is 5.69 Å². The quantitative estimate of drug-likeness (QED) is 0.852. The molecule has 1 heterocycles. The van der Waals surface area contributed by atoms with E-state index in [1.807, 2.05) is 17.0 Å². The highest BCUT2D eigenvalue weighted by molar-refractivity contribution is 5.99. The predicted octanol–water partition coefficient (Wildman–Crippen LogP) is 3.11. The number of rotatable bonds is 1. The molecule has 0 bridgehead atoms. The average molecular weight is 271 g/mol. The Morgan fingerprint density at radius 1 is 1.15 bits per heavy atom. The third kappa shape index (κ3) is 1.75. The minimum atomic E-state index is 0.239. The lowest BCUT2D eigenvalue weighted by Crippen LogP contribution is -2.37. The molecule has 2 aliphatic carbocycles. The van der Waals surface area contributed by atoms with Crippen LogP contribution in [0.5, 0.6) is 5.75 Å². The van der Waals surface area contributed by atoms with Gasteiger partial charge >= 0.3 is 0 Å². The number of benzene rings is 1. The summed E-state index contributed by atoms with van der Waals surface area (Å²) in [5, 5.41) is 10.1. The molecule has 0 saturated heterocycles. The van der Waals surface area contributed by atoms with Crippen molar-refractivity contribution in [2.24, 2.45) is 17.8 Å². The highest BCUT2D eigenvalue weighted by atomic mass is 16.3. The lowest BCUT2D eigenvalue weighted by Gasteiger charge is -2.30. The van der Waals surface area contributed by atoms with Crippen molar-refractivity contribution in [3.05, 3.63) is 23.8 Å². The van der Waals surface area contributed by atoms with Gasteiger partial charge in [-0.15, -0.1) is 0 Å². The molecule has 3 nitrogen and oxygen atoms in total. The van der Waals surface area contributed by atoms with Gasteiger partial charge in [0.1, 0.15) is 5.75 Å². The number of nitrogens with zero attached hydrogens (tertiary/aromatic N) is 1. The third-order valence-electron chi connectivity index (χ3n) is 5.40. The van der Waals surface area contributed by atoms with E-state index in [1.54, 1.807) is 6.07 Å². The highest BCUT2D eigenvalue weighted by Crippen LogP contribution is 2.56. The fourth-order valence-corrected chi connectivity index (χ4v) is 4.39. The van der Waals surface area contributed by atoms with Crippen molar-refractivity contribution in [1.82, 2.24) is 0 Å². The van der Waals surface area contributed by atoms with Crippen molar-refractivity contribution in [2.45, 2.75) is 38.5 Å². The van der Waals surface area contributed by atoms with Crippen LogP contribution in [0.25, 0.3) is 0 Å². The van der Waals surface area contributed by atoms with Gasteiger partial charge in [0.2, 0.25) is 5.91 Å². The van der Waals surface area contributed by atoms with E-state index in [-0.39, 0.29) is 17.6 Å². The van der Waals surface area contributed by atoms with Crippen LogP contribution in [0.15, 0.2) is 18.2 Å². The van der Waals surface area contributed by atoms with Crippen molar-refractivity contribution in [1.29, 1.82) is 0 Å². The minimum absolute atomic E-state index is 0.239. The van der Waals surface area contributed by atoms with E-state index < -0.39 is 0 Å². The molecule has 20 heavy (non-hydrogen) atoms. The fraction of sp³-hybridized carbons (Fsp3) is 0.588. The molecule has 2 atom stereocenters. The van der Waals surface area contributed by atoms with Gasteiger partial charge in [-0.1, -0.05) is 25.0 Å². The molecule has 0 radical (unpaired) electrons. The van der Waals surface area contributed by atoms with Crippen LogP contribution < -0.4 is 4.90 Å². The normalized spacial score (nSPS) is 31.4. The summed E-state index contributed by atoms with van der Waals surface area (Å²) in [4.78, 5) is 14.7. The first-order valence-electron chi connectivity index (χ1n) is 7.89. The Bertz CT molecular complexity index is 542. The zero-order valence-corrected chi connectivity index (χ0v) is 11.7. The standard InChI is InChI=1S/C17H21NO2/c19-14-9-3-5-11-6-4-10-18(16(11)14)17(20)15-12-7-1-2-8-13(12)15/h3,5,9,12-13,15,19H,1-2,4,6-8,10H2. The first kappa shape index (κ1) is 12.2. The number of amides is 1. The molecule has 3 heteroatoms. The van der Waals surface area contributed by atoms with E-state index >= 15 is 0 Å². The van der Waals surface area contributed by atoms with E-state index in [0.717, 1.165) is 30.6 Å². The summed E-state index contributed by atoms with van der Waals surface area (Å²) >= 11 is 0. The number of aryl methyl sites for hydroxylation is 1. The Morgan fingerprint density at radius 2 is 1.90 bits per heavy atom. The molecule has 2 fully saturated rings. The lowest BCUT2D eigenvalue weighted by molar-refractivity contribution is -0.120. The second-order valence-electron chi connectivity index (χ2n) is 6.52. The van der Waals surface area contributed by atoms with Gasteiger partial charge in [-0.2, -0.15) is 0 Å². The zero-order chi connectivity index (χ0) is 13.7. The molecule has 1 aliphatic heterocycles. The van der Waals surface area contributed by atoms with E-state index in [9.17, 15) is 9.90 Å². The second-order valence-corrected chi connectivity index (χ2v) is 6.52. The summed E-state index contributed by atoms with van der Waals surface area (Å²) in [7, 11) is 0. The molecule has 2 unspecified atom stereocenters. The molecule has 0 aromatic heterocycles. The fourth-order valence-electron chi connectivity index (χ4n) is 4.39. The van der Waals surface area contributed by atoms with Gasteiger partial charge in [-0.25, -0.2) is 0 Å². The number of para-hydroxylation sites is 1. The molecule has 1 aromatic carbocycles. The Hall–Kier alpha value is -1.51. The van der Waals surface area contributed by atoms with Crippen LogP contribution in [0.3, 0.4) is 0 Å². The van der Waals surface area contributed by atoms with Crippen LogP contribution in [0, 0.1) is 17.8 Å². The van der Waals surface area contributed by atoms with Gasteiger partial charge < -0.3 is 10.0 Å². The van der Waals surface area contributed by atoms with Crippen LogP contribution in [-0.4, -0.2) is 17.6 Å². The molecule has 3 aliphatic rings. The number of carbonyl (C=O) groups is 1. The summed E-state index contributed by atoms with van der Waals surface area (Å²) in [5.41, 5.74) is 1.90. The van der Waals surface area contributed by atoms with Crippen molar-refractivity contribution in [2.75, 3.05) is 11.4 Å². The minimum Gasteiger partial charge on any atom is -0.506 e. The van der Waals surface area contributed by atoms with Gasteiger partial charge in [-0.05, 0) is 49.1 Å². The van der Waals surface area contributed by atoms with Gasteiger partial charge in [0.15, 0.2) is 0 Å². The number of phenols is 1. The number of phenolic OH excluding ortho intramolecular Hbond substituents is 1. The van der Waals surface area contributed by atoms with Crippen LogP contribution >= 0.6 is 0 Å². The molecule has 4 rings (SSSR count). The largest absolute Gasteiger partial charge is 0.506 e. The molecule has 1 N–H and O–H groups in total. The molecular weight excluding hydrogens is 250 g/mol. The van der Waals surface area contributed by atoms with Crippen molar-refractivity contribution in [3.8, 4) is 5.75 Å². The highest BCUT2D eigenvalue weighted by Gasteiger charge is 2.56. The Kier molecular flexibility index (Phi) is 2.76. The van der Waals surface area contributed by atoms with Crippen LogP contribution in [0.4, 0.5) is 5.69 Å². The van der Waals surface area contributed by atoms with Gasteiger partial charge in [-0.3, -0.25) is 4.79 Å². The number of fused-ring (bicyclic) bond motifs is 2. The monoisotopic (exact) mass is 271 g/mol. The molecule has 1 aromatic rings. The molecule has 2 saturated carbocycles. The Balaban J connectivity index is 1.63. The maximum atomic E-state index is 12.9. The van der Waals surface area contributed by atoms with Crippen molar-refractivity contribution in [3.63, 3.8) is 0 Å². The molecule has 1 amide bonds. The van der Waals surface area contributed by atoms with Crippen LogP contribution in [0.1, 0.15) is 37.7 Å². The predicted molar refractivity (Wildman–Crippen MR) is 77.7 cm³/mol. The molecular formula is C17H21NO2. The summed E-state index contributed by atoms with van der Waals surface area (Å²) in [5.74, 6) is 2.03. The van der Waals surface area contributed by atoms with Crippen LogP contribution in [0.2, 0.25) is 0 Å². The summed E-state index contributed by atoms with van der Waals surface area (Å²) in [6, 6.07) is 5.61. The smallest absolute Gasteiger partial charge is 0.230 e. The number of hydrogen-bond acceptors (Lipinski definition) is 2. The lowest BCUT2D eigenvalue weighted by atomic mass is 10.00. The first-order chi connectivity index (χ1) is 9.77. The summed E-state index contributed by atoms with van der Waals surface area (Å²) in [6.07, 6.45) is 6.99. The van der Waals surface area contributed by atoms with Crippen molar-refractivity contribution >= 4 is 11.6 Å². The molecule has 0 spiro atoms. The van der Waals surface area contributed by atoms with Gasteiger partial charge in [0.25, 0.3) is 0 Å². The maximum Gasteiger partial charge on any atom is 0.230 e. The Labute approximate surface area is 119 Å². The summed E-state index contributed by atoms with van der Waals surface area (Å²) in [6.45, 7) is 0.763. The Morgan fingerprint density at radius 3 is 2.65 bits per heavy atom. The second kappa shape index (κ2) is 4.51. The average Bonchev–Trinajstić information content (AvgIpc) is 3.20. The van der Waals surface area contributed by atoms with Crippen LogP contribution in [-0.2, 0) is 11.2 Å². The zero-order valence-electron chi connectivity index (χ0n) is 11.7. The van der Waals surface area contributed by atoms with E-state index in [2.05, 4.69) is 0 Å². The number of anilines is 1. The topological polar surface area (TPSA) is 40.5 Å². The number of aromatic hydroxyl groups is 1. The first-order valence-corrected chi connectivity index (χ1v) is 7.89. The van der Waals surface area contributed by atoms with E-state index in [0.29, 0.717) is 11.8 Å². The van der Waals surface area contributed by atoms with E-state index in [4.69, 9.17) is 0 Å². The van der Waals surface area contributed by atoms with Gasteiger partial charge in [0, 0.05) is 12.5 Å². The third-order valence-corrected chi connectivity index (χ3v) is 5.40. The van der Waals surface area contributed by atoms with Crippen molar-refractivity contribution < 1.29 is 9.90 Å². The SMILES string of the molecule is O=C(C1C2CCCCC21)N1CCCc2cccc(O)c21. The van der Waals surface area contributed by atoms with E-state index in [1.165, 1.54) is 25.7 Å². The number of hydrogen-bond donors (Lipinski definition) is 1. The summed E-state index contributed by atoms with van der Waals surface area (Å²) < 4.78 is 0. The maximum absolute atomic E-state index is 12.9. The molecule has 106 valence electrons.